The first-order chi connectivity index (χ1) is 16.4. The number of anilines is 2. The van der Waals surface area contributed by atoms with E-state index in [1.54, 1.807) is 13.8 Å². The van der Waals surface area contributed by atoms with E-state index >= 15 is 0 Å². The van der Waals surface area contributed by atoms with Gasteiger partial charge in [0.1, 0.15) is 17.8 Å². The molecule has 0 saturated carbocycles. The summed E-state index contributed by atoms with van der Waals surface area (Å²) < 4.78 is 104. The zero-order valence-corrected chi connectivity index (χ0v) is 19.8. The number of nitrogens with zero attached hydrogens (tertiary/aromatic N) is 1. The van der Waals surface area contributed by atoms with Crippen LogP contribution in [0.4, 0.5) is 37.7 Å². The number of pyridine rings is 1. The maximum atomic E-state index is 13.0. The predicted octanol–water partition coefficient (Wildman–Crippen LogP) is 2.58. The molecule has 16 heteroatoms. The molecule has 200 valence electrons. The summed E-state index contributed by atoms with van der Waals surface area (Å²) in [6, 6.07) is 2.13. The van der Waals surface area contributed by atoms with Gasteiger partial charge in [0.15, 0.2) is 15.6 Å². The molecule has 5 N–H and O–H groups in total. The second-order valence-corrected chi connectivity index (χ2v) is 11.5. The highest BCUT2D eigenvalue weighted by Crippen LogP contribution is 2.36. The molecule has 1 aromatic heterocycles. The zero-order chi connectivity index (χ0) is 27.1. The summed E-state index contributed by atoms with van der Waals surface area (Å²) in [6.45, 7) is 1.63. The predicted molar refractivity (Wildman–Crippen MR) is 119 cm³/mol. The maximum Gasteiger partial charge on any atom is 0.573 e. The molecule has 2 heterocycles. The van der Waals surface area contributed by atoms with E-state index in [0.29, 0.717) is 6.07 Å². The molecule has 1 aliphatic heterocycles. The molecule has 1 atom stereocenters. The number of hydrogen-bond acceptors (Lipinski definition) is 8. The van der Waals surface area contributed by atoms with Crippen molar-refractivity contribution in [3.63, 3.8) is 0 Å². The molecule has 0 bridgehead atoms. The van der Waals surface area contributed by atoms with Crippen LogP contribution in [-0.4, -0.2) is 68.0 Å². The van der Waals surface area contributed by atoms with Gasteiger partial charge in [0, 0.05) is 42.0 Å². The minimum absolute atomic E-state index is 0.125. The Balaban J connectivity index is 1.88. The van der Waals surface area contributed by atoms with Gasteiger partial charge in [0.25, 0.3) is 5.91 Å². The van der Waals surface area contributed by atoms with E-state index < -0.39 is 62.6 Å². The Bertz CT molecular complexity index is 1260. The topological polar surface area (TPSA) is 135 Å². The van der Waals surface area contributed by atoms with Gasteiger partial charge >= 0.3 is 12.5 Å². The fraction of sp³-hybridized carbons (Fsp3) is 0.500. The maximum absolute atomic E-state index is 13.0. The minimum atomic E-state index is -5.21. The third kappa shape index (κ3) is 6.60. The van der Waals surface area contributed by atoms with E-state index in [1.165, 1.54) is 0 Å². The molecule has 0 spiro atoms. The van der Waals surface area contributed by atoms with Crippen LogP contribution in [0.5, 0.6) is 5.75 Å². The molecular weight excluding hydrogens is 520 g/mol. The molecule has 0 aliphatic carbocycles. The number of halogens is 6. The zero-order valence-electron chi connectivity index (χ0n) is 19.0. The Morgan fingerprint density at radius 2 is 1.89 bits per heavy atom. The van der Waals surface area contributed by atoms with Crippen LogP contribution in [0.25, 0.3) is 10.9 Å². The molecule has 0 radical (unpaired) electrons. The van der Waals surface area contributed by atoms with Gasteiger partial charge in [-0.2, -0.15) is 13.2 Å². The molecular formula is C20H23F6N5O4S. The van der Waals surface area contributed by atoms with Crippen LogP contribution in [0.3, 0.4) is 0 Å². The summed E-state index contributed by atoms with van der Waals surface area (Å²) in [4.78, 5) is 16.5. The third-order valence-electron chi connectivity index (χ3n) is 5.45. The number of amides is 1. The number of nitrogens with two attached hydrogens (primary N) is 1. The highest BCUT2D eigenvalue weighted by Gasteiger charge is 2.40. The molecule has 1 amide bonds. The number of benzene rings is 1. The van der Waals surface area contributed by atoms with Crippen molar-refractivity contribution in [3.8, 4) is 5.75 Å². The molecule has 3 rings (SSSR count). The van der Waals surface area contributed by atoms with Crippen LogP contribution in [-0.2, 0) is 9.84 Å². The van der Waals surface area contributed by atoms with Crippen molar-refractivity contribution in [1.82, 2.24) is 15.6 Å². The van der Waals surface area contributed by atoms with Gasteiger partial charge in [-0.3, -0.25) is 4.79 Å². The van der Waals surface area contributed by atoms with Crippen LogP contribution in [0.15, 0.2) is 18.2 Å². The monoisotopic (exact) mass is 543 g/mol. The summed E-state index contributed by atoms with van der Waals surface area (Å²) in [5.41, 5.74) is 4.37. The van der Waals surface area contributed by atoms with Crippen molar-refractivity contribution in [3.05, 3.63) is 23.9 Å². The van der Waals surface area contributed by atoms with Crippen LogP contribution in [0.1, 0.15) is 24.3 Å². The summed E-state index contributed by atoms with van der Waals surface area (Å²) in [6.07, 6.45) is -9.86. The van der Waals surface area contributed by atoms with Gasteiger partial charge in [-0.1, -0.05) is 0 Å². The standard InChI is InChI=1S/C20H23F6N5O4S/c1-18(2)8-29-11(7-36(18,33)34)6-28-17(32)14-5-13(27)12-3-10(30-9-19(21,22)23)4-15(16(12)31-14)35-20(24,25)26/h3-5,11,29-30H,6-9H2,1-2H3,(H2,27,31)(H,28,32). The highest BCUT2D eigenvalue weighted by atomic mass is 32.2. The number of hydrogen-bond donors (Lipinski definition) is 4. The Morgan fingerprint density at radius 3 is 2.47 bits per heavy atom. The van der Waals surface area contributed by atoms with Crippen molar-refractivity contribution in [2.75, 3.05) is 36.4 Å². The van der Waals surface area contributed by atoms with Gasteiger partial charge in [-0.05, 0) is 26.0 Å². The van der Waals surface area contributed by atoms with E-state index in [0.717, 1.165) is 12.1 Å². The summed E-state index contributed by atoms with van der Waals surface area (Å²) in [7, 11) is -3.45. The number of sulfone groups is 1. The van der Waals surface area contributed by atoms with Gasteiger partial charge in [0.05, 0.1) is 10.5 Å². The number of carbonyl (C=O) groups excluding carboxylic acids is 1. The van der Waals surface area contributed by atoms with Gasteiger partial charge in [0.2, 0.25) is 0 Å². The Labute approximate surface area is 201 Å². The molecule has 1 aromatic carbocycles. The average Bonchev–Trinajstić information content (AvgIpc) is 2.71. The van der Waals surface area contributed by atoms with Gasteiger partial charge in [-0.25, -0.2) is 13.4 Å². The molecule has 1 fully saturated rings. The number of nitrogens with one attached hydrogen (secondary N) is 3. The van der Waals surface area contributed by atoms with Crippen molar-refractivity contribution < 1.29 is 44.3 Å². The van der Waals surface area contributed by atoms with E-state index in [-0.39, 0.29) is 35.6 Å². The number of nitrogen functional groups attached to an aromatic ring is 1. The first-order valence-electron chi connectivity index (χ1n) is 10.4. The van der Waals surface area contributed by atoms with Crippen LogP contribution in [0.2, 0.25) is 0 Å². The van der Waals surface area contributed by atoms with Crippen LogP contribution < -0.4 is 26.4 Å². The quantitative estimate of drug-likeness (QED) is 0.409. The van der Waals surface area contributed by atoms with E-state index in [1.807, 2.05) is 5.32 Å². The lowest BCUT2D eigenvalue weighted by Crippen LogP contribution is -2.58. The molecule has 2 aromatic rings. The average molecular weight is 543 g/mol. The van der Waals surface area contributed by atoms with Gasteiger partial charge < -0.3 is 26.4 Å². The highest BCUT2D eigenvalue weighted by molar-refractivity contribution is 7.92. The largest absolute Gasteiger partial charge is 0.573 e. The molecule has 1 unspecified atom stereocenters. The van der Waals surface area contributed by atoms with Crippen molar-refractivity contribution in [2.45, 2.75) is 37.2 Å². The SMILES string of the molecule is CC1(C)CNC(CNC(=O)c2cc(N)c3cc(NCC(F)(F)F)cc(OC(F)(F)F)c3n2)CS1(=O)=O. The second kappa shape index (κ2) is 9.46. The molecule has 9 nitrogen and oxygen atoms in total. The number of fused-ring (bicyclic) bond motifs is 1. The van der Waals surface area contributed by atoms with Crippen LogP contribution in [0, 0.1) is 0 Å². The Kier molecular flexibility index (Phi) is 7.25. The van der Waals surface area contributed by atoms with Crippen molar-refractivity contribution in [2.24, 2.45) is 0 Å². The fourth-order valence-corrected chi connectivity index (χ4v) is 4.95. The second-order valence-electron chi connectivity index (χ2n) is 8.81. The lowest BCUT2D eigenvalue weighted by molar-refractivity contribution is -0.274. The number of ether oxygens (including phenoxy) is 1. The van der Waals surface area contributed by atoms with Crippen molar-refractivity contribution >= 4 is 38.0 Å². The molecule has 1 saturated heterocycles. The molecule has 1 aliphatic rings. The first-order valence-corrected chi connectivity index (χ1v) is 12.1. The summed E-state index contributed by atoms with van der Waals surface area (Å²) in [5, 5.41) is 7.23. The number of aromatic nitrogens is 1. The lowest BCUT2D eigenvalue weighted by Gasteiger charge is -2.35. The smallest absolute Gasteiger partial charge is 0.403 e. The Hall–Kier alpha value is -3.01. The minimum Gasteiger partial charge on any atom is -0.403 e. The number of rotatable bonds is 6. The summed E-state index contributed by atoms with van der Waals surface area (Å²) in [5.74, 6) is -2.07. The number of carbonyl (C=O) groups is 1. The molecule has 36 heavy (non-hydrogen) atoms. The summed E-state index contributed by atoms with van der Waals surface area (Å²) >= 11 is 0. The first kappa shape index (κ1) is 27.6. The lowest BCUT2D eigenvalue weighted by atomic mass is 10.1. The van der Waals surface area contributed by atoms with E-state index in [9.17, 15) is 39.6 Å². The number of alkyl halides is 6. The van der Waals surface area contributed by atoms with E-state index in [2.05, 4.69) is 20.4 Å². The Morgan fingerprint density at radius 1 is 1.22 bits per heavy atom. The van der Waals surface area contributed by atoms with E-state index in [4.69, 9.17) is 5.73 Å². The normalized spacial score (nSPS) is 19.6. The third-order valence-corrected chi connectivity index (χ3v) is 8.12. The fourth-order valence-electron chi connectivity index (χ4n) is 3.43. The van der Waals surface area contributed by atoms with Gasteiger partial charge in [-0.15, -0.1) is 13.2 Å². The van der Waals surface area contributed by atoms with Crippen molar-refractivity contribution in [1.29, 1.82) is 0 Å². The van der Waals surface area contributed by atoms with Crippen LogP contribution >= 0.6 is 0 Å².